The van der Waals surface area contributed by atoms with Gasteiger partial charge in [-0.15, -0.1) is 0 Å². The summed E-state index contributed by atoms with van der Waals surface area (Å²) >= 11 is 6.54. The largest absolute Gasteiger partial charge is 0.493 e. The van der Waals surface area contributed by atoms with Crippen LogP contribution in [0.15, 0.2) is 60.7 Å². The first-order chi connectivity index (χ1) is 14.5. The highest BCUT2D eigenvalue weighted by atomic mass is 35.5. The zero-order valence-electron chi connectivity index (χ0n) is 16.7. The lowest BCUT2D eigenvalue weighted by molar-refractivity contribution is 0.0689. The molecule has 154 valence electrons. The second-order valence-electron chi connectivity index (χ2n) is 7.06. The summed E-state index contributed by atoms with van der Waals surface area (Å²) in [5, 5.41) is 0.538. The van der Waals surface area contributed by atoms with Crippen LogP contribution in [0.25, 0.3) is 0 Å². The lowest BCUT2D eigenvalue weighted by atomic mass is 9.87. The molecule has 0 fully saturated rings. The summed E-state index contributed by atoms with van der Waals surface area (Å²) in [7, 11) is 3.16. The van der Waals surface area contributed by atoms with Crippen molar-refractivity contribution in [1.29, 1.82) is 0 Å². The molecule has 4 rings (SSSR count). The van der Waals surface area contributed by atoms with Crippen molar-refractivity contribution in [2.24, 2.45) is 0 Å². The number of benzene rings is 3. The predicted molar refractivity (Wildman–Crippen MR) is 114 cm³/mol. The number of fused-ring (bicyclic) bond motifs is 1. The number of hydrogen-bond acceptors (Lipinski definition) is 3. The summed E-state index contributed by atoms with van der Waals surface area (Å²) in [4.78, 5) is 15.1. The van der Waals surface area contributed by atoms with Crippen molar-refractivity contribution >= 4 is 17.5 Å². The van der Waals surface area contributed by atoms with Crippen LogP contribution >= 0.6 is 11.6 Å². The van der Waals surface area contributed by atoms with Crippen LogP contribution in [-0.2, 0) is 6.42 Å². The summed E-state index contributed by atoms with van der Waals surface area (Å²) in [6.45, 7) is 0.422. The van der Waals surface area contributed by atoms with Crippen LogP contribution in [-0.4, -0.2) is 31.6 Å². The van der Waals surface area contributed by atoms with Crippen molar-refractivity contribution in [1.82, 2.24) is 4.90 Å². The molecule has 0 radical (unpaired) electrons. The molecular weight excluding hydrogens is 405 g/mol. The van der Waals surface area contributed by atoms with Gasteiger partial charge in [-0.2, -0.15) is 0 Å². The van der Waals surface area contributed by atoms with E-state index in [1.807, 2.05) is 30.3 Å². The molecule has 0 aromatic heterocycles. The molecule has 3 aromatic rings. The lowest BCUT2D eigenvalue weighted by Gasteiger charge is -2.38. The fourth-order valence-electron chi connectivity index (χ4n) is 3.99. The third-order valence-corrected chi connectivity index (χ3v) is 5.78. The average molecular weight is 426 g/mol. The maximum atomic E-state index is 14.4. The molecule has 1 atom stereocenters. The third kappa shape index (κ3) is 3.50. The summed E-state index contributed by atoms with van der Waals surface area (Å²) in [5.74, 6) is 0.272. The Morgan fingerprint density at radius 3 is 2.37 bits per heavy atom. The molecule has 1 heterocycles. The molecule has 4 nitrogen and oxygen atoms in total. The van der Waals surface area contributed by atoms with Crippen molar-refractivity contribution in [3.63, 3.8) is 0 Å². The van der Waals surface area contributed by atoms with Crippen LogP contribution in [0.5, 0.6) is 11.5 Å². The van der Waals surface area contributed by atoms with E-state index < -0.39 is 11.9 Å². The molecule has 0 unspecified atom stereocenters. The van der Waals surface area contributed by atoms with Gasteiger partial charge < -0.3 is 14.4 Å². The fourth-order valence-corrected chi connectivity index (χ4v) is 4.23. The summed E-state index contributed by atoms with van der Waals surface area (Å²) in [5.41, 5.74) is 2.74. The predicted octanol–water partition coefficient (Wildman–Crippen LogP) is 5.28. The Morgan fingerprint density at radius 2 is 1.67 bits per heavy atom. The van der Waals surface area contributed by atoms with Crippen LogP contribution in [0.4, 0.5) is 4.39 Å². The van der Waals surface area contributed by atoms with Crippen LogP contribution in [0, 0.1) is 5.82 Å². The van der Waals surface area contributed by atoms with Crippen molar-refractivity contribution < 1.29 is 18.7 Å². The van der Waals surface area contributed by atoms with E-state index in [-0.39, 0.29) is 11.5 Å². The maximum absolute atomic E-state index is 14.4. The number of halogens is 2. The molecular formula is C24H21ClFNO3. The molecule has 6 heteroatoms. The number of rotatable bonds is 4. The van der Waals surface area contributed by atoms with E-state index in [1.54, 1.807) is 37.3 Å². The first kappa shape index (κ1) is 20.2. The van der Waals surface area contributed by atoms with Gasteiger partial charge in [-0.3, -0.25) is 4.79 Å². The normalized spacial score (nSPS) is 15.5. The number of carbonyl (C=O) groups excluding carboxylic acids is 1. The van der Waals surface area contributed by atoms with Gasteiger partial charge in [0.2, 0.25) is 0 Å². The Morgan fingerprint density at radius 1 is 1.00 bits per heavy atom. The SMILES string of the molecule is COc1cc2c(cc1OC)[C@@H](c1ccccc1Cl)N(C(=O)c1ccccc1F)CC2. The van der Waals surface area contributed by atoms with Gasteiger partial charge in [0, 0.05) is 11.6 Å². The van der Waals surface area contributed by atoms with Gasteiger partial charge in [-0.25, -0.2) is 4.39 Å². The van der Waals surface area contributed by atoms with Gasteiger partial charge >= 0.3 is 0 Å². The number of carbonyl (C=O) groups is 1. The highest BCUT2D eigenvalue weighted by Gasteiger charge is 2.35. The fraction of sp³-hybridized carbons (Fsp3) is 0.208. The number of methoxy groups -OCH3 is 2. The molecule has 1 aliphatic rings. The molecule has 1 amide bonds. The van der Waals surface area contributed by atoms with Crippen molar-refractivity contribution in [3.8, 4) is 11.5 Å². The van der Waals surface area contributed by atoms with E-state index in [2.05, 4.69) is 0 Å². The highest BCUT2D eigenvalue weighted by Crippen LogP contribution is 2.43. The second kappa shape index (κ2) is 8.36. The third-order valence-electron chi connectivity index (χ3n) is 5.44. The van der Waals surface area contributed by atoms with E-state index in [0.29, 0.717) is 29.5 Å². The molecule has 0 saturated heterocycles. The monoisotopic (exact) mass is 425 g/mol. The van der Waals surface area contributed by atoms with Gasteiger partial charge in [0.25, 0.3) is 5.91 Å². The topological polar surface area (TPSA) is 38.8 Å². The Hall–Kier alpha value is -3.05. The van der Waals surface area contributed by atoms with Crippen LogP contribution in [0.2, 0.25) is 5.02 Å². The minimum Gasteiger partial charge on any atom is -0.493 e. The van der Waals surface area contributed by atoms with Crippen molar-refractivity contribution in [2.75, 3.05) is 20.8 Å². The van der Waals surface area contributed by atoms with E-state index in [1.165, 1.54) is 12.1 Å². The highest BCUT2D eigenvalue weighted by molar-refractivity contribution is 6.31. The number of nitrogens with zero attached hydrogens (tertiary/aromatic N) is 1. The number of hydrogen-bond donors (Lipinski definition) is 0. The molecule has 0 spiro atoms. The Labute approximate surface area is 179 Å². The quantitative estimate of drug-likeness (QED) is 0.570. The molecule has 0 bridgehead atoms. The smallest absolute Gasteiger partial charge is 0.257 e. The van der Waals surface area contributed by atoms with Gasteiger partial charge in [-0.05, 0) is 53.4 Å². The molecule has 30 heavy (non-hydrogen) atoms. The van der Waals surface area contributed by atoms with Gasteiger partial charge in [0.05, 0.1) is 25.8 Å². The number of ether oxygens (including phenoxy) is 2. The molecule has 0 saturated carbocycles. The average Bonchev–Trinajstić information content (AvgIpc) is 2.77. The summed E-state index contributed by atoms with van der Waals surface area (Å²) in [6.07, 6.45) is 0.608. The maximum Gasteiger partial charge on any atom is 0.257 e. The van der Waals surface area contributed by atoms with E-state index in [9.17, 15) is 9.18 Å². The van der Waals surface area contributed by atoms with E-state index in [0.717, 1.165) is 16.7 Å². The van der Waals surface area contributed by atoms with Crippen LogP contribution in [0.3, 0.4) is 0 Å². The van der Waals surface area contributed by atoms with Gasteiger partial charge in [0.1, 0.15) is 5.82 Å². The Kier molecular flexibility index (Phi) is 5.64. The Bertz CT molecular complexity index is 1100. The summed E-state index contributed by atoms with van der Waals surface area (Å²) in [6, 6.07) is 16.8. The van der Waals surface area contributed by atoms with Gasteiger partial charge in [-0.1, -0.05) is 41.9 Å². The first-order valence-electron chi connectivity index (χ1n) is 9.60. The van der Waals surface area contributed by atoms with Gasteiger partial charge in [0.15, 0.2) is 11.5 Å². The molecule has 3 aromatic carbocycles. The van der Waals surface area contributed by atoms with Crippen molar-refractivity contribution in [3.05, 3.63) is 93.8 Å². The molecule has 0 N–H and O–H groups in total. The first-order valence-corrected chi connectivity index (χ1v) is 9.97. The molecule has 0 aliphatic carbocycles. The summed E-state index contributed by atoms with van der Waals surface area (Å²) < 4.78 is 25.3. The van der Waals surface area contributed by atoms with E-state index in [4.69, 9.17) is 21.1 Å². The lowest BCUT2D eigenvalue weighted by Crippen LogP contribution is -2.41. The second-order valence-corrected chi connectivity index (χ2v) is 7.47. The van der Waals surface area contributed by atoms with Crippen LogP contribution in [0.1, 0.15) is 33.1 Å². The zero-order chi connectivity index (χ0) is 21.3. The van der Waals surface area contributed by atoms with Crippen LogP contribution < -0.4 is 9.47 Å². The minimum atomic E-state index is -0.543. The zero-order valence-corrected chi connectivity index (χ0v) is 17.4. The van der Waals surface area contributed by atoms with E-state index >= 15 is 0 Å². The Balaban J connectivity index is 1.89. The molecule has 1 aliphatic heterocycles. The number of amides is 1. The van der Waals surface area contributed by atoms with Crippen molar-refractivity contribution in [2.45, 2.75) is 12.5 Å². The minimum absolute atomic E-state index is 0.0403. The standard InChI is InChI=1S/C24H21ClFNO3/c1-29-21-13-15-11-12-27(24(28)17-8-4-6-10-20(17)26)23(18(15)14-22(21)30-2)16-7-3-5-9-19(16)25/h3-10,13-14,23H,11-12H2,1-2H3/t23-/m1/s1.